The van der Waals surface area contributed by atoms with Crippen molar-refractivity contribution in [3.8, 4) is 5.75 Å². The highest BCUT2D eigenvalue weighted by atomic mass is 35.5. The van der Waals surface area contributed by atoms with Gasteiger partial charge in [0.05, 0.1) is 18.2 Å². The van der Waals surface area contributed by atoms with Crippen LogP contribution < -0.4 is 10.1 Å². The molecule has 1 aromatic carbocycles. The Kier molecular flexibility index (Phi) is 6.35. The molecular formula is C19H21Cl2N3O2. The van der Waals surface area contributed by atoms with Crippen molar-refractivity contribution in [3.05, 3.63) is 57.8 Å². The summed E-state index contributed by atoms with van der Waals surface area (Å²) in [5, 5.41) is 3.48. The van der Waals surface area contributed by atoms with Crippen LogP contribution in [0.4, 0.5) is 0 Å². The average molecular weight is 394 g/mol. The van der Waals surface area contributed by atoms with Crippen LogP contribution in [0.25, 0.3) is 0 Å². The van der Waals surface area contributed by atoms with Gasteiger partial charge in [-0.1, -0.05) is 35.3 Å². The monoisotopic (exact) mass is 393 g/mol. The lowest BCUT2D eigenvalue weighted by molar-refractivity contribution is 0.0933. The molecular weight excluding hydrogens is 373 g/mol. The molecule has 138 valence electrons. The number of halogens is 2. The summed E-state index contributed by atoms with van der Waals surface area (Å²) in [6.45, 7) is 2.50. The molecule has 1 aromatic heterocycles. The van der Waals surface area contributed by atoms with Crippen LogP contribution in [0.15, 0.2) is 36.4 Å². The number of benzene rings is 1. The summed E-state index contributed by atoms with van der Waals surface area (Å²) in [5.41, 5.74) is 1.28. The molecule has 1 amide bonds. The number of carbonyl (C=O) groups is 1. The molecule has 1 aliphatic heterocycles. The summed E-state index contributed by atoms with van der Waals surface area (Å²) in [5.74, 6) is 0.489. The van der Waals surface area contributed by atoms with E-state index >= 15 is 0 Å². The number of pyridine rings is 1. The first-order valence-corrected chi connectivity index (χ1v) is 9.32. The molecule has 2 aromatic rings. The predicted octanol–water partition coefficient (Wildman–Crippen LogP) is 3.96. The van der Waals surface area contributed by atoms with E-state index in [9.17, 15) is 4.79 Å². The number of ether oxygens (including phenoxy) is 1. The third-order valence-corrected chi connectivity index (χ3v) is 5.08. The molecule has 0 aliphatic carbocycles. The first-order chi connectivity index (χ1) is 12.6. The van der Waals surface area contributed by atoms with Crippen LogP contribution >= 0.6 is 23.2 Å². The fraction of sp³-hybridized carbons (Fsp3) is 0.368. The molecule has 1 aliphatic rings. The van der Waals surface area contributed by atoms with Crippen molar-refractivity contribution in [3.63, 3.8) is 0 Å². The Morgan fingerprint density at radius 3 is 2.54 bits per heavy atom. The molecule has 5 nitrogen and oxygen atoms in total. The van der Waals surface area contributed by atoms with Crippen LogP contribution in [0, 0.1) is 0 Å². The lowest BCUT2D eigenvalue weighted by Crippen LogP contribution is -2.37. The van der Waals surface area contributed by atoms with E-state index in [2.05, 4.69) is 15.2 Å². The van der Waals surface area contributed by atoms with Gasteiger partial charge in [-0.05, 0) is 55.8 Å². The highest BCUT2D eigenvalue weighted by Crippen LogP contribution is 2.26. The number of nitrogens with one attached hydrogen (secondary N) is 1. The van der Waals surface area contributed by atoms with Gasteiger partial charge in [-0.2, -0.15) is 0 Å². The second-order valence-electron chi connectivity index (χ2n) is 6.21. The summed E-state index contributed by atoms with van der Waals surface area (Å²) >= 11 is 12.0. The Labute approximate surface area is 163 Å². The fourth-order valence-corrected chi connectivity index (χ4v) is 3.53. The van der Waals surface area contributed by atoms with Gasteiger partial charge in [0, 0.05) is 6.54 Å². The molecule has 3 rings (SSSR count). The van der Waals surface area contributed by atoms with Crippen LogP contribution in [0.2, 0.25) is 10.2 Å². The zero-order valence-corrected chi connectivity index (χ0v) is 16.1. The molecule has 26 heavy (non-hydrogen) atoms. The first kappa shape index (κ1) is 19.0. The Balaban J connectivity index is 1.75. The minimum Gasteiger partial charge on any atom is -0.497 e. The number of aromatic nitrogens is 1. The van der Waals surface area contributed by atoms with Gasteiger partial charge in [0.15, 0.2) is 0 Å². The summed E-state index contributed by atoms with van der Waals surface area (Å²) < 4.78 is 5.24. The van der Waals surface area contributed by atoms with Crippen molar-refractivity contribution in [2.75, 3.05) is 26.7 Å². The maximum absolute atomic E-state index is 12.5. The van der Waals surface area contributed by atoms with E-state index in [1.165, 1.54) is 12.8 Å². The second-order valence-corrected chi connectivity index (χ2v) is 7.00. The van der Waals surface area contributed by atoms with Crippen molar-refractivity contribution in [1.29, 1.82) is 0 Å². The number of amides is 1. The van der Waals surface area contributed by atoms with Gasteiger partial charge < -0.3 is 10.1 Å². The van der Waals surface area contributed by atoms with Gasteiger partial charge in [-0.3, -0.25) is 9.69 Å². The summed E-state index contributed by atoms with van der Waals surface area (Å²) in [6.07, 6.45) is 2.34. The van der Waals surface area contributed by atoms with Crippen molar-refractivity contribution in [2.45, 2.75) is 18.9 Å². The Morgan fingerprint density at radius 2 is 1.88 bits per heavy atom. The van der Waals surface area contributed by atoms with E-state index in [4.69, 9.17) is 27.9 Å². The number of rotatable bonds is 6. The predicted molar refractivity (Wildman–Crippen MR) is 103 cm³/mol. The molecule has 2 heterocycles. The molecule has 0 radical (unpaired) electrons. The lowest BCUT2D eigenvalue weighted by Gasteiger charge is -2.28. The van der Waals surface area contributed by atoms with Crippen LogP contribution in [0.3, 0.4) is 0 Å². The highest BCUT2D eigenvalue weighted by Gasteiger charge is 2.25. The van der Waals surface area contributed by atoms with Crippen LogP contribution in [-0.2, 0) is 0 Å². The van der Waals surface area contributed by atoms with Crippen LogP contribution in [0.5, 0.6) is 5.75 Å². The van der Waals surface area contributed by atoms with Gasteiger partial charge in [0.2, 0.25) is 0 Å². The highest BCUT2D eigenvalue weighted by molar-refractivity contribution is 6.34. The minimum atomic E-state index is -0.324. The van der Waals surface area contributed by atoms with Gasteiger partial charge in [-0.25, -0.2) is 4.98 Å². The van der Waals surface area contributed by atoms with Crippen LogP contribution in [0.1, 0.15) is 34.9 Å². The molecule has 1 fully saturated rings. The van der Waals surface area contributed by atoms with Gasteiger partial charge in [0.1, 0.15) is 16.6 Å². The lowest BCUT2D eigenvalue weighted by atomic mass is 10.1. The number of likely N-dealkylation sites (tertiary alicyclic amines) is 1. The number of methoxy groups -OCH3 is 1. The minimum absolute atomic E-state index is 0.0883. The number of nitrogens with zero attached hydrogens (tertiary/aromatic N) is 2. The molecule has 0 unspecified atom stereocenters. The zero-order chi connectivity index (χ0) is 18.5. The van der Waals surface area contributed by atoms with Gasteiger partial charge >= 0.3 is 0 Å². The van der Waals surface area contributed by atoms with E-state index < -0.39 is 0 Å². The fourth-order valence-electron chi connectivity index (χ4n) is 3.19. The Morgan fingerprint density at radius 1 is 1.19 bits per heavy atom. The SMILES string of the molecule is COc1ccc([C@@H](CNC(=O)c2nc(Cl)ccc2Cl)N2CCCC2)cc1. The third kappa shape index (κ3) is 4.47. The maximum atomic E-state index is 12.5. The van der Waals surface area contributed by atoms with E-state index in [0.717, 1.165) is 24.4 Å². The molecule has 7 heteroatoms. The van der Waals surface area contributed by atoms with E-state index in [-0.39, 0.29) is 27.8 Å². The largest absolute Gasteiger partial charge is 0.497 e. The Bertz CT molecular complexity index is 762. The normalized spacial score (nSPS) is 15.7. The topological polar surface area (TPSA) is 54.5 Å². The van der Waals surface area contributed by atoms with Crippen molar-refractivity contribution >= 4 is 29.1 Å². The van der Waals surface area contributed by atoms with Crippen molar-refractivity contribution < 1.29 is 9.53 Å². The molecule has 0 bridgehead atoms. The molecule has 0 spiro atoms. The van der Waals surface area contributed by atoms with E-state index in [1.54, 1.807) is 19.2 Å². The van der Waals surface area contributed by atoms with Crippen molar-refractivity contribution in [1.82, 2.24) is 15.2 Å². The average Bonchev–Trinajstić information content (AvgIpc) is 3.18. The molecule has 1 saturated heterocycles. The Hall–Kier alpha value is -1.82. The van der Waals surface area contributed by atoms with Gasteiger partial charge in [0.25, 0.3) is 5.91 Å². The number of hydrogen-bond acceptors (Lipinski definition) is 4. The standard InChI is InChI=1S/C19H21Cl2N3O2/c1-26-14-6-4-13(5-7-14)16(24-10-2-3-11-24)12-22-19(25)18-15(20)8-9-17(21)23-18/h4-9,16H,2-3,10-12H2,1H3,(H,22,25)/t16-/m1/s1. The smallest absolute Gasteiger partial charge is 0.271 e. The number of hydrogen-bond donors (Lipinski definition) is 1. The van der Waals surface area contributed by atoms with Crippen LogP contribution in [-0.4, -0.2) is 42.5 Å². The molecule has 1 N–H and O–H groups in total. The summed E-state index contributed by atoms with van der Waals surface area (Å²) in [4.78, 5) is 18.9. The molecule has 1 atom stereocenters. The van der Waals surface area contributed by atoms with Gasteiger partial charge in [-0.15, -0.1) is 0 Å². The first-order valence-electron chi connectivity index (χ1n) is 8.56. The van der Waals surface area contributed by atoms with E-state index in [1.807, 2.05) is 24.3 Å². The second kappa shape index (κ2) is 8.71. The molecule has 0 saturated carbocycles. The summed E-state index contributed by atoms with van der Waals surface area (Å²) in [6, 6.07) is 11.2. The zero-order valence-electron chi connectivity index (χ0n) is 14.5. The van der Waals surface area contributed by atoms with E-state index in [0.29, 0.717) is 6.54 Å². The third-order valence-electron chi connectivity index (χ3n) is 4.57. The van der Waals surface area contributed by atoms with Crippen molar-refractivity contribution in [2.24, 2.45) is 0 Å². The summed E-state index contributed by atoms with van der Waals surface area (Å²) in [7, 11) is 1.65. The quantitative estimate of drug-likeness (QED) is 0.754. The maximum Gasteiger partial charge on any atom is 0.271 e. The number of carbonyl (C=O) groups excluding carboxylic acids is 1.